The van der Waals surface area contributed by atoms with Gasteiger partial charge in [0.25, 0.3) is 0 Å². The van der Waals surface area contributed by atoms with Gasteiger partial charge in [-0.25, -0.2) is 0 Å². The second kappa shape index (κ2) is 7.05. The number of aryl methyl sites for hydroxylation is 1. The highest BCUT2D eigenvalue weighted by molar-refractivity contribution is 6.30. The summed E-state index contributed by atoms with van der Waals surface area (Å²) in [6, 6.07) is 7.75. The molecule has 21 heavy (non-hydrogen) atoms. The first-order valence-electron chi connectivity index (χ1n) is 7.56. The maximum Gasteiger partial charge on any atom is 0.226 e. The van der Waals surface area contributed by atoms with Gasteiger partial charge in [-0.1, -0.05) is 28.9 Å². The van der Waals surface area contributed by atoms with Crippen molar-refractivity contribution >= 4 is 11.6 Å². The molecule has 5 heteroatoms. The molecule has 1 fully saturated rings. The van der Waals surface area contributed by atoms with E-state index in [-0.39, 0.29) is 0 Å². The zero-order valence-electron chi connectivity index (χ0n) is 12.0. The molecule has 1 N–H and O–H groups in total. The molecule has 1 aliphatic heterocycles. The van der Waals surface area contributed by atoms with E-state index in [1.54, 1.807) is 0 Å². The first kappa shape index (κ1) is 14.5. The number of nitrogens with one attached hydrogen (secondary N) is 1. The lowest BCUT2D eigenvalue weighted by Crippen LogP contribution is -2.27. The molecule has 0 aliphatic carbocycles. The van der Waals surface area contributed by atoms with E-state index in [1.807, 2.05) is 24.3 Å². The van der Waals surface area contributed by atoms with E-state index in [1.165, 1.54) is 12.8 Å². The number of benzene rings is 1. The summed E-state index contributed by atoms with van der Waals surface area (Å²) in [6.45, 7) is 2.27. The zero-order valence-corrected chi connectivity index (χ0v) is 12.8. The minimum absolute atomic E-state index is 0.689. The topological polar surface area (TPSA) is 51.0 Å². The molecule has 0 radical (unpaired) electrons. The molecule has 2 aromatic rings. The van der Waals surface area contributed by atoms with Crippen molar-refractivity contribution < 1.29 is 4.52 Å². The summed E-state index contributed by atoms with van der Waals surface area (Å²) in [5.74, 6) is 2.30. The van der Waals surface area contributed by atoms with Crippen LogP contribution in [0.1, 0.15) is 36.5 Å². The van der Waals surface area contributed by atoms with Crippen LogP contribution in [-0.4, -0.2) is 23.2 Å². The molecule has 1 aromatic carbocycles. The monoisotopic (exact) mass is 305 g/mol. The van der Waals surface area contributed by atoms with Crippen LogP contribution in [0.2, 0.25) is 5.02 Å². The number of halogens is 1. The van der Waals surface area contributed by atoms with Gasteiger partial charge in [-0.05, 0) is 56.0 Å². The zero-order chi connectivity index (χ0) is 14.5. The maximum absolute atomic E-state index is 5.88. The third kappa shape index (κ3) is 4.29. The highest BCUT2D eigenvalue weighted by atomic mass is 35.5. The predicted octanol–water partition coefficient (Wildman–Crippen LogP) is 3.25. The molecule has 0 atom stereocenters. The second-order valence-corrected chi connectivity index (χ2v) is 6.08. The van der Waals surface area contributed by atoms with Crippen LogP contribution in [0.4, 0.5) is 0 Å². The summed E-state index contributed by atoms with van der Waals surface area (Å²) < 4.78 is 5.35. The smallest absolute Gasteiger partial charge is 0.226 e. The largest absolute Gasteiger partial charge is 0.339 e. The van der Waals surface area contributed by atoms with Crippen molar-refractivity contribution in [1.82, 2.24) is 15.5 Å². The number of piperidine rings is 1. The molecule has 0 amide bonds. The first-order valence-corrected chi connectivity index (χ1v) is 7.94. The molecule has 2 heterocycles. The van der Waals surface area contributed by atoms with Gasteiger partial charge in [0.05, 0.1) is 0 Å². The van der Waals surface area contributed by atoms with Crippen molar-refractivity contribution in [3.8, 4) is 0 Å². The SMILES string of the molecule is Clc1ccc(Cc2noc(CCC3CCNCC3)n2)cc1. The molecule has 4 nitrogen and oxygen atoms in total. The quantitative estimate of drug-likeness (QED) is 0.921. The molecule has 0 spiro atoms. The van der Waals surface area contributed by atoms with E-state index in [4.69, 9.17) is 16.1 Å². The molecule has 1 aromatic heterocycles. The van der Waals surface area contributed by atoms with Crippen molar-refractivity contribution in [3.05, 3.63) is 46.6 Å². The Morgan fingerprint density at radius 1 is 1.19 bits per heavy atom. The van der Waals surface area contributed by atoms with Gasteiger partial charge in [0.1, 0.15) is 0 Å². The molecule has 0 unspecified atom stereocenters. The van der Waals surface area contributed by atoms with Crippen molar-refractivity contribution in [2.75, 3.05) is 13.1 Å². The normalized spacial score (nSPS) is 16.2. The van der Waals surface area contributed by atoms with Gasteiger partial charge in [0.2, 0.25) is 5.89 Å². The van der Waals surface area contributed by atoms with E-state index in [9.17, 15) is 0 Å². The summed E-state index contributed by atoms with van der Waals surface area (Å²) >= 11 is 5.88. The average molecular weight is 306 g/mol. The fourth-order valence-corrected chi connectivity index (χ4v) is 2.87. The third-order valence-corrected chi connectivity index (χ3v) is 4.26. The lowest BCUT2D eigenvalue weighted by molar-refractivity contribution is 0.323. The van der Waals surface area contributed by atoms with Gasteiger partial charge < -0.3 is 9.84 Å². The predicted molar refractivity (Wildman–Crippen MR) is 82.5 cm³/mol. The van der Waals surface area contributed by atoms with Crippen LogP contribution in [0.5, 0.6) is 0 Å². The Morgan fingerprint density at radius 2 is 1.95 bits per heavy atom. The molecule has 0 bridgehead atoms. The van der Waals surface area contributed by atoms with Gasteiger partial charge in [-0.3, -0.25) is 0 Å². The highest BCUT2D eigenvalue weighted by Crippen LogP contribution is 2.18. The van der Waals surface area contributed by atoms with E-state index < -0.39 is 0 Å². The number of hydrogen-bond donors (Lipinski definition) is 1. The highest BCUT2D eigenvalue weighted by Gasteiger charge is 2.15. The Balaban J connectivity index is 1.52. The van der Waals surface area contributed by atoms with E-state index in [2.05, 4.69) is 15.5 Å². The van der Waals surface area contributed by atoms with Crippen molar-refractivity contribution in [1.29, 1.82) is 0 Å². The minimum Gasteiger partial charge on any atom is -0.339 e. The number of nitrogens with zero attached hydrogens (tertiary/aromatic N) is 2. The fourth-order valence-electron chi connectivity index (χ4n) is 2.75. The van der Waals surface area contributed by atoms with Crippen LogP contribution < -0.4 is 5.32 Å². The fraction of sp³-hybridized carbons (Fsp3) is 0.500. The summed E-state index contributed by atoms with van der Waals surface area (Å²) in [4.78, 5) is 4.49. The molecule has 1 saturated heterocycles. The Hall–Kier alpha value is -1.39. The van der Waals surface area contributed by atoms with Crippen LogP contribution in [-0.2, 0) is 12.8 Å². The maximum atomic E-state index is 5.88. The average Bonchev–Trinajstić information content (AvgIpc) is 2.96. The summed E-state index contributed by atoms with van der Waals surface area (Å²) in [6.07, 6.45) is 5.23. The van der Waals surface area contributed by atoms with Crippen LogP contribution >= 0.6 is 11.6 Å². The van der Waals surface area contributed by atoms with Crippen molar-refractivity contribution in [3.63, 3.8) is 0 Å². The Labute approximate surface area is 129 Å². The van der Waals surface area contributed by atoms with E-state index in [0.29, 0.717) is 6.42 Å². The van der Waals surface area contributed by atoms with Crippen LogP contribution in [0, 0.1) is 5.92 Å². The lowest BCUT2D eigenvalue weighted by atomic mass is 9.93. The van der Waals surface area contributed by atoms with Gasteiger partial charge in [-0.2, -0.15) is 4.98 Å². The van der Waals surface area contributed by atoms with Gasteiger partial charge >= 0.3 is 0 Å². The number of aromatic nitrogens is 2. The van der Waals surface area contributed by atoms with E-state index in [0.717, 1.165) is 54.2 Å². The molecule has 0 saturated carbocycles. The first-order chi connectivity index (χ1) is 10.3. The number of hydrogen-bond acceptors (Lipinski definition) is 4. The summed E-state index contributed by atoms with van der Waals surface area (Å²) in [5, 5.41) is 8.20. The molecule has 3 rings (SSSR count). The Bertz CT molecular complexity index is 561. The van der Waals surface area contributed by atoms with E-state index >= 15 is 0 Å². The van der Waals surface area contributed by atoms with Crippen molar-refractivity contribution in [2.45, 2.75) is 32.1 Å². The van der Waals surface area contributed by atoms with Gasteiger partial charge in [-0.15, -0.1) is 0 Å². The Morgan fingerprint density at radius 3 is 2.71 bits per heavy atom. The van der Waals surface area contributed by atoms with Crippen molar-refractivity contribution in [2.24, 2.45) is 5.92 Å². The third-order valence-electron chi connectivity index (χ3n) is 4.01. The number of rotatable bonds is 5. The molecular weight excluding hydrogens is 286 g/mol. The molecule has 112 valence electrons. The summed E-state index contributed by atoms with van der Waals surface area (Å²) in [7, 11) is 0. The minimum atomic E-state index is 0.689. The van der Waals surface area contributed by atoms with Gasteiger partial charge in [0.15, 0.2) is 5.82 Å². The summed E-state index contributed by atoms with van der Waals surface area (Å²) in [5.41, 5.74) is 1.14. The molecule has 1 aliphatic rings. The van der Waals surface area contributed by atoms with Crippen LogP contribution in [0.25, 0.3) is 0 Å². The molecular formula is C16H20ClN3O. The van der Waals surface area contributed by atoms with Gasteiger partial charge in [0, 0.05) is 17.9 Å². The van der Waals surface area contributed by atoms with Crippen LogP contribution in [0.3, 0.4) is 0 Å². The lowest BCUT2D eigenvalue weighted by Gasteiger charge is -2.21. The standard InChI is InChI=1S/C16H20ClN3O/c17-14-4-1-13(2-5-14)11-15-19-16(21-20-15)6-3-12-7-9-18-10-8-12/h1-2,4-5,12,18H,3,6-11H2. The van der Waals surface area contributed by atoms with Crippen LogP contribution in [0.15, 0.2) is 28.8 Å². The second-order valence-electron chi connectivity index (χ2n) is 5.64. The Kier molecular flexibility index (Phi) is 4.88.